The second-order valence-electron chi connectivity index (χ2n) is 6.58. The molecule has 1 aromatic heterocycles. The molecule has 1 heterocycles. The third-order valence-corrected chi connectivity index (χ3v) is 4.56. The van der Waals surface area contributed by atoms with Crippen LogP contribution in [0.15, 0.2) is 48.5 Å². The van der Waals surface area contributed by atoms with Crippen LogP contribution in [0.5, 0.6) is 0 Å². The average Bonchev–Trinajstić information content (AvgIpc) is 3.36. The van der Waals surface area contributed by atoms with E-state index in [9.17, 15) is 9.18 Å². The van der Waals surface area contributed by atoms with Crippen molar-refractivity contribution in [2.45, 2.75) is 38.3 Å². The van der Waals surface area contributed by atoms with Crippen LogP contribution in [0.1, 0.15) is 30.7 Å². The maximum Gasteiger partial charge on any atom is 0.223 e. The normalized spacial score (nSPS) is 14.0. The fourth-order valence-electron chi connectivity index (χ4n) is 3.13. The van der Waals surface area contributed by atoms with Crippen molar-refractivity contribution in [2.24, 2.45) is 0 Å². The summed E-state index contributed by atoms with van der Waals surface area (Å²) in [6.45, 7) is 0.474. The Kier molecular flexibility index (Phi) is 4.22. The molecule has 3 aromatic rings. The average molecular weight is 337 g/mol. The van der Waals surface area contributed by atoms with Gasteiger partial charge in [0.15, 0.2) is 0 Å². The van der Waals surface area contributed by atoms with Crippen LogP contribution < -0.4 is 0 Å². The van der Waals surface area contributed by atoms with E-state index in [-0.39, 0.29) is 11.7 Å². The molecule has 1 aliphatic rings. The molecule has 2 aromatic carbocycles. The molecule has 0 atom stereocenters. The van der Waals surface area contributed by atoms with Crippen LogP contribution in [0.3, 0.4) is 0 Å². The highest BCUT2D eigenvalue weighted by atomic mass is 19.1. The second kappa shape index (κ2) is 6.67. The molecule has 1 saturated carbocycles. The number of nitrogens with one attached hydrogen (secondary N) is 1. The molecule has 1 aliphatic carbocycles. The summed E-state index contributed by atoms with van der Waals surface area (Å²) in [6.07, 6.45) is 3.06. The lowest BCUT2D eigenvalue weighted by Gasteiger charge is -2.22. The summed E-state index contributed by atoms with van der Waals surface area (Å²) in [5.41, 5.74) is 2.75. The zero-order chi connectivity index (χ0) is 17.2. The molecule has 4 nitrogen and oxygen atoms in total. The standard InChI is InChI=1S/C20H20FN3O/c21-15-5-3-4-14(12-15)13-24(16-8-9-16)20(25)11-10-19-22-17-6-1-2-7-18(17)23-19/h1-7,12,16H,8-11,13H2,(H,22,23). The first-order chi connectivity index (χ1) is 12.2. The number of H-pyrrole nitrogens is 1. The first-order valence-corrected chi connectivity index (χ1v) is 8.66. The number of hydrogen-bond acceptors (Lipinski definition) is 2. The quantitative estimate of drug-likeness (QED) is 0.743. The van der Waals surface area contributed by atoms with E-state index in [0.29, 0.717) is 25.4 Å². The molecule has 25 heavy (non-hydrogen) atoms. The largest absolute Gasteiger partial charge is 0.342 e. The Balaban J connectivity index is 1.42. The van der Waals surface area contributed by atoms with Crippen LogP contribution >= 0.6 is 0 Å². The van der Waals surface area contributed by atoms with Crippen molar-refractivity contribution in [3.8, 4) is 0 Å². The predicted octanol–water partition coefficient (Wildman–Crippen LogP) is 3.83. The fraction of sp³-hybridized carbons (Fsp3) is 0.300. The molecule has 0 bridgehead atoms. The maximum atomic E-state index is 13.4. The third-order valence-electron chi connectivity index (χ3n) is 4.56. The van der Waals surface area contributed by atoms with Gasteiger partial charge in [-0.15, -0.1) is 0 Å². The Labute approximate surface area is 145 Å². The lowest BCUT2D eigenvalue weighted by Crippen LogP contribution is -2.32. The van der Waals surface area contributed by atoms with Gasteiger partial charge >= 0.3 is 0 Å². The van der Waals surface area contributed by atoms with Crippen molar-refractivity contribution in [1.29, 1.82) is 0 Å². The molecule has 0 unspecified atom stereocenters. The van der Waals surface area contributed by atoms with Gasteiger partial charge in [0.2, 0.25) is 5.91 Å². The molecule has 1 fully saturated rings. The maximum absolute atomic E-state index is 13.4. The van der Waals surface area contributed by atoms with Crippen molar-refractivity contribution in [2.75, 3.05) is 0 Å². The van der Waals surface area contributed by atoms with E-state index in [2.05, 4.69) is 9.97 Å². The number of imidazole rings is 1. The highest BCUT2D eigenvalue weighted by Crippen LogP contribution is 2.29. The van der Waals surface area contributed by atoms with Crippen LogP contribution in [-0.4, -0.2) is 26.8 Å². The summed E-state index contributed by atoms with van der Waals surface area (Å²) in [7, 11) is 0. The van der Waals surface area contributed by atoms with Gasteiger partial charge in [-0.05, 0) is 42.7 Å². The predicted molar refractivity (Wildman–Crippen MR) is 94.4 cm³/mol. The minimum atomic E-state index is -0.261. The van der Waals surface area contributed by atoms with Crippen LogP contribution in [0.2, 0.25) is 0 Å². The summed E-state index contributed by atoms with van der Waals surface area (Å²) >= 11 is 0. The second-order valence-corrected chi connectivity index (χ2v) is 6.58. The summed E-state index contributed by atoms with van der Waals surface area (Å²) in [4.78, 5) is 22.4. The minimum absolute atomic E-state index is 0.104. The summed E-state index contributed by atoms with van der Waals surface area (Å²) < 4.78 is 13.4. The summed E-state index contributed by atoms with van der Waals surface area (Å²) in [5.74, 6) is 0.672. The lowest BCUT2D eigenvalue weighted by atomic mass is 10.2. The lowest BCUT2D eigenvalue weighted by molar-refractivity contribution is -0.132. The smallest absolute Gasteiger partial charge is 0.223 e. The monoisotopic (exact) mass is 337 g/mol. The zero-order valence-electron chi connectivity index (χ0n) is 13.9. The molecule has 4 rings (SSSR count). The van der Waals surface area contributed by atoms with E-state index in [0.717, 1.165) is 35.3 Å². The van der Waals surface area contributed by atoms with Crippen molar-refractivity contribution in [3.63, 3.8) is 0 Å². The van der Waals surface area contributed by atoms with E-state index < -0.39 is 0 Å². The summed E-state index contributed by atoms with van der Waals surface area (Å²) in [5, 5.41) is 0. The van der Waals surface area contributed by atoms with E-state index in [1.807, 2.05) is 35.2 Å². The number of halogens is 1. The fourth-order valence-corrected chi connectivity index (χ4v) is 3.13. The van der Waals surface area contributed by atoms with Crippen LogP contribution in [0, 0.1) is 5.82 Å². The number of amides is 1. The number of carbonyl (C=O) groups is 1. The highest BCUT2D eigenvalue weighted by Gasteiger charge is 2.32. The molecule has 5 heteroatoms. The van der Waals surface area contributed by atoms with Crippen molar-refractivity contribution in [3.05, 3.63) is 65.7 Å². The molecule has 1 amide bonds. The highest BCUT2D eigenvalue weighted by molar-refractivity contribution is 5.78. The number of aromatic nitrogens is 2. The number of hydrogen-bond donors (Lipinski definition) is 1. The number of carbonyl (C=O) groups excluding carboxylic acids is 1. The number of aromatic amines is 1. The molecule has 0 saturated heterocycles. The first-order valence-electron chi connectivity index (χ1n) is 8.66. The Bertz CT molecular complexity index is 868. The first kappa shape index (κ1) is 15.8. The number of para-hydroxylation sites is 2. The molecule has 0 radical (unpaired) electrons. The van der Waals surface area contributed by atoms with Gasteiger partial charge in [0, 0.05) is 25.4 Å². The van der Waals surface area contributed by atoms with E-state index in [1.54, 1.807) is 6.07 Å². The van der Waals surface area contributed by atoms with Crippen molar-refractivity contribution < 1.29 is 9.18 Å². The van der Waals surface area contributed by atoms with Crippen LogP contribution in [-0.2, 0) is 17.8 Å². The SMILES string of the molecule is O=C(CCc1nc2ccccc2[nH]1)N(Cc1cccc(F)c1)C1CC1. The van der Waals surface area contributed by atoms with Gasteiger partial charge in [-0.1, -0.05) is 24.3 Å². The van der Waals surface area contributed by atoms with Gasteiger partial charge in [0.25, 0.3) is 0 Å². The summed E-state index contributed by atoms with van der Waals surface area (Å²) in [6, 6.07) is 14.6. The zero-order valence-corrected chi connectivity index (χ0v) is 13.9. The van der Waals surface area contributed by atoms with Gasteiger partial charge in [-0.3, -0.25) is 4.79 Å². The van der Waals surface area contributed by atoms with Crippen molar-refractivity contribution >= 4 is 16.9 Å². The van der Waals surface area contributed by atoms with Crippen LogP contribution in [0.25, 0.3) is 11.0 Å². The van der Waals surface area contributed by atoms with Gasteiger partial charge in [-0.25, -0.2) is 9.37 Å². The number of rotatable bonds is 6. The minimum Gasteiger partial charge on any atom is -0.342 e. The molecular weight excluding hydrogens is 317 g/mol. The van der Waals surface area contributed by atoms with Gasteiger partial charge in [0.05, 0.1) is 11.0 Å². The molecule has 128 valence electrons. The Morgan fingerprint density at radius 2 is 2.04 bits per heavy atom. The molecule has 0 aliphatic heterocycles. The number of aryl methyl sites for hydroxylation is 1. The topological polar surface area (TPSA) is 49.0 Å². The van der Waals surface area contributed by atoms with Crippen LogP contribution in [0.4, 0.5) is 4.39 Å². The van der Waals surface area contributed by atoms with Gasteiger partial charge < -0.3 is 9.88 Å². The third kappa shape index (κ3) is 3.71. The number of benzene rings is 2. The van der Waals surface area contributed by atoms with E-state index in [4.69, 9.17) is 0 Å². The Morgan fingerprint density at radius 1 is 1.20 bits per heavy atom. The van der Waals surface area contributed by atoms with E-state index >= 15 is 0 Å². The molecule has 1 N–H and O–H groups in total. The number of fused-ring (bicyclic) bond motifs is 1. The Morgan fingerprint density at radius 3 is 2.80 bits per heavy atom. The Hall–Kier alpha value is -2.69. The molecular formula is C20H20FN3O. The van der Waals surface area contributed by atoms with Crippen molar-refractivity contribution in [1.82, 2.24) is 14.9 Å². The van der Waals surface area contributed by atoms with E-state index in [1.165, 1.54) is 12.1 Å². The van der Waals surface area contributed by atoms with Gasteiger partial charge in [-0.2, -0.15) is 0 Å². The van der Waals surface area contributed by atoms with Gasteiger partial charge in [0.1, 0.15) is 11.6 Å². The number of nitrogens with zero attached hydrogens (tertiary/aromatic N) is 2. The molecule has 0 spiro atoms.